The van der Waals surface area contributed by atoms with Gasteiger partial charge in [-0.05, 0) is 24.3 Å². The van der Waals surface area contributed by atoms with E-state index in [1.807, 2.05) is 6.07 Å². The van der Waals surface area contributed by atoms with E-state index in [0.29, 0.717) is 17.1 Å². The lowest BCUT2D eigenvalue weighted by molar-refractivity contribution is 0.0298. The van der Waals surface area contributed by atoms with Crippen LogP contribution < -0.4 is 0 Å². The molecular formula is C18H14N4O2. The van der Waals surface area contributed by atoms with Crippen molar-refractivity contribution in [1.29, 1.82) is 0 Å². The summed E-state index contributed by atoms with van der Waals surface area (Å²) in [7, 11) is 0. The first kappa shape index (κ1) is 15.4. The van der Waals surface area contributed by atoms with Crippen molar-refractivity contribution in [1.82, 2.24) is 19.5 Å². The monoisotopic (exact) mass is 318 g/mol. The minimum atomic E-state index is -0.586. The molecule has 0 amide bonds. The molecule has 0 saturated heterocycles. The largest absolute Gasteiger partial charge is 0.451 e. The summed E-state index contributed by atoms with van der Waals surface area (Å²) in [5.74, 6) is 2.67. The summed E-state index contributed by atoms with van der Waals surface area (Å²) in [4.78, 5) is 24.7. The predicted octanol–water partition coefficient (Wildman–Crippen LogP) is 2.58. The van der Waals surface area contributed by atoms with Gasteiger partial charge in [0.2, 0.25) is 0 Å². The van der Waals surface area contributed by atoms with Gasteiger partial charge in [0.25, 0.3) is 0 Å². The van der Waals surface area contributed by atoms with Gasteiger partial charge in [0, 0.05) is 24.8 Å². The normalized spacial score (nSPS) is 11.5. The lowest BCUT2D eigenvalue weighted by atomic mass is 10.1. The summed E-state index contributed by atoms with van der Waals surface area (Å²) >= 11 is 0. The lowest BCUT2D eigenvalue weighted by Crippen LogP contribution is -2.13. The van der Waals surface area contributed by atoms with Crippen molar-refractivity contribution in [3.8, 4) is 18.2 Å². The fourth-order valence-electron chi connectivity index (χ4n) is 2.13. The number of imidazole rings is 1. The maximum Gasteiger partial charge on any atom is 0.340 e. The number of rotatable bonds is 5. The zero-order valence-corrected chi connectivity index (χ0v) is 12.7. The zero-order valence-electron chi connectivity index (χ0n) is 12.7. The summed E-state index contributed by atoms with van der Waals surface area (Å²) in [6.07, 6.45) is 13.2. The third-order valence-corrected chi connectivity index (χ3v) is 3.32. The van der Waals surface area contributed by atoms with Crippen LogP contribution in [0.3, 0.4) is 0 Å². The number of terminal acetylenes is 1. The summed E-state index contributed by atoms with van der Waals surface area (Å²) in [5.41, 5.74) is 0.962. The van der Waals surface area contributed by atoms with E-state index in [9.17, 15) is 4.79 Å². The van der Waals surface area contributed by atoms with Gasteiger partial charge in [-0.1, -0.05) is 6.07 Å². The second kappa shape index (κ2) is 7.20. The van der Waals surface area contributed by atoms with Crippen molar-refractivity contribution in [2.75, 3.05) is 0 Å². The van der Waals surface area contributed by atoms with Crippen molar-refractivity contribution in [2.45, 2.75) is 12.5 Å². The summed E-state index contributed by atoms with van der Waals surface area (Å²) in [6, 6.07) is 8.75. The topological polar surface area (TPSA) is 69.9 Å². The molecule has 0 unspecified atom stereocenters. The van der Waals surface area contributed by atoms with Gasteiger partial charge in [-0.25, -0.2) is 14.8 Å². The number of nitrogens with zero attached hydrogens (tertiary/aromatic N) is 4. The minimum absolute atomic E-state index is 0.253. The van der Waals surface area contributed by atoms with Crippen LogP contribution in [0, 0.1) is 12.3 Å². The predicted molar refractivity (Wildman–Crippen MR) is 87.2 cm³/mol. The maximum atomic E-state index is 12.3. The number of esters is 1. The van der Waals surface area contributed by atoms with E-state index < -0.39 is 12.1 Å². The Hall–Kier alpha value is -3.46. The number of pyridine rings is 2. The van der Waals surface area contributed by atoms with Gasteiger partial charge in [-0.15, -0.1) is 12.3 Å². The Bertz CT molecular complexity index is 837. The molecule has 0 bridgehead atoms. The van der Waals surface area contributed by atoms with Crippen LogP contribution in [0.25, 0.3) is 5.82 Å². The Balaban J connectivity index is 1.75. The summed E-state index contributed by atoms with van der Waals surface area (Å²) in [6.45, 7) is 0. The molecule has 3 aromatic heterocycles. The number of hydrogen-bond donors (Lipinski definition) is 0. The van der Waals surface area contributed by atoms with Crippen LogP contribution in [0.15, 0.2) is 61.4 Å². The summed E-state index contributed by atoms with van der Waals surface area (Å²) < 4.78 is 7.23. The highest BCUT2D eigenvalue weighted by atomic mass is 16.5. The zero-order chi connectivity index (χ0) is 16.8. The third kappa shape index (κ3) is 3.47. The molecule has 0 spiro atoms. The van der Waals surface area contributed by atoms with Gasteiger partial charge in [0.05, 0.1) is 17.7 Å². The van der Waals surface area contributed by atoms with Crippen LogP contribution in [0.5, 0.6) is 0 Å². The molecule has 0 fully saturated rings. The van der Waals surface area contributed by atoms with Gasteiger partial charge in [-0.3, -0.25) is 9.55 Å². The number of hydrogen-bond acceptors (Lipinski definition) is 5. The standard InChI is InChI=1S/C18H14N4O2/c1-2-5-16(15-6-3-4-9-20-15)24-18(23)14-7-8-17(21-12-14)22-11-10-19-13-22/h1,3-4,6-13,16H,5H2/t16-/m0/s1. The third-order valence-electron chi connectivity index (χ3n) is 3.32. The molecule has 1 atom stereocenters. The van der Waals surface area contributed by atoms with Gasteiger partial charge in [0.1, 0.15) is 12.1 Å². The highest BCUT2D eigenvalue weighted by molar-refractivity contribution is 5.89. The van der Waals surface area contributed by atoms with E-state index in [4.69, 9.17) is 11.2 Å². The number of carbonyl (C=O) groups excluding carboxylic acids is 1. The molecule has 0 aliphatic carbocycles. The fraction of sp³-hybridized carbons (Fsp3) is 0.111. The number of carbonyl (C=O) groups is 1. The van der Waals surface area contributed by atoms with E-state index in [1.54, 1.807) is 53.8 Å². The van der Waals surface area contributed by atoms with E-state index in [-0.39, 0.29) is 6.42 Å². The lowest BCUT2D eigenvalue weighted by Gasteiger charge is -2.15. The second-order valence-electron chi connectivity index (χ2n) is 4.93. The van der Waals surface area contributed by atoms with E-state index >= 15 is 0 Å². The molecule has 0 saturated carbocycles. The van der Waals surface area contributed by atoms with Crippen LogP contribution >= 0.6 is 0 Å². The molecule has 6 heteroatoms. The van der Waals surface area contributed by atoms with Crippen LogP contribution in [-0.4, -0.2) is 25.5 Å². The highest BCUT2D eigenvalue weighted by Crippen LogP contribution is 2.20. The molecule has 0 aliphatic heterocycles. The van der Waals surface area contributed by atoms with Crippen LogP contribution in [0.4, 0.5) is 0 Å². The van der Waals surface area contributed by atoms with Crippen molar-refractivity contribution in [2.24, 2.45) is 0 Å². The van der Waals surface area contributed by atoms with Crippen LogP contribution in [0.1, 0.15) is 28.6 Å². The molecule has 0 radical (unpaired) electrons. The molecule has 0 aliphatic rings. The molecule has 0 N–H and O–H groups in total. The van der Waals surface area contributed by atoms with Gasteiger partial charge in [0.15, 0.2) is 6.10 Å². The Morgan fingerprint density at radius 3 is 2.79 bits per heavy atom. The van der Waals surface area contributed by atoms with Crippen molar-refractivity contribution in [3.05, 3.63) is 72.7 Å². The maximum absolute atomic E-state index is 12.3. The first-order valence-electron chi connectivity index (χ1n) is 7.27. The van der Waals surface area contributed by atoms with Gasteiger partial charge >= 0.3 is 5.97 Å². The van der Waals surface area contributed by atoms with E-state index in [1.165, 1.54) is 6.20 Å². The molecular weight excluding hydrogens is 304 g/mol. The average Bonchev–Trinajstić information content (AvgIpc) is 3.17. The first-order chi connectivity index (χ1) is 11.8. The minimum Gasteiger partial charge on any atom is -0.451 e. The Kier molecular flexibility index (Phi) is 4.63. The van der Waals surface area contributed by atoms with Crippen molar-refractivity contribution >= 4 is 5.97 Å². The Labute approximate surface area is 139 Å². The molecule has 24 heavy (non-hydrogen) atoms. The SMILES string of the molecule is C#CC[C@H](OC(=O)c1ccc(-n2ccnc2)nc1)c1ccccn1. The highest BCUT2D eigenvalue weighted by Gasteiger charge is 2.18. The van der Waals surface area contributed by atoms with Gasteiger partial charge in [-0.2, -0.15) is 0 Å². The quantitative estimate of drug-likeness (QED) is 0.534. The molecule has 0 aromatic carbocycles. The molecule has 3 heterocycles. The number of ether oxygens (including phenoxy) is 1. The molecule has 3 aromatic rings. The smallest absolute Gasteiger partial charge is 0.340 e. The number of aromatic nitrogens is 4. The van der Waals surface area contributed by atoms with Crippen LogP contribution in [0.2, 0.25) is 0 Å². The van der Waals surface area contributed by atoms with Crippen molar-refractivity contribution < 1.29 is 9.53 Å². The van der Waals surface area contributed by atoms with Crippen molar-refractivity contribution in [3.63, 3.8) is 0 Å². The van der Waals surface area contributed by atoms with Crippen LogP contribution in [-0.2, 0) is 4.74 Å². The molecule has 118 valence electrons. The van der Waals surface area contributed by atoms with E-state index in [0.717, 1.165) is 0 Å². The first-order valence-corrected chi connectivity index (χ1v) is 7.27. The Morgan fingerprint density at radius 2 is 2.17 bits per heavy atom. The molecule has 6 nitrogen and oxygen atoms in total. The molecule has 3 rings (SSSR count). The summed E-state index contributed by atoms with van der Waals surface area (Å²) in [5, 5.41) is 0. The average molecular weight is 318 g/mol. The van der Waals surface area contributed by atoms with E-state index in [2.05, 4.69) is 20.9 Å². The Morgan fingerprint density at radius 1 is 1.25 bits per heavy atom. The van der Waals surface area contributed by atoms with Gasteiger partial charge < -0.3 is 4.74 Å². The fourth-order valence-corrected chi connectivity index (χ4v) is 2.13. The second-order valence-corrected chi connectivity index (χ2v) is 4.93.